The molecular weight excluding hydrogens is 494 g/mol. The maximum atomic E-state index is 13.3. The van der Waals surface area contributed by atoms with Gasteiger partial charge in [-0.25, -0.2) is 8.42 Å². The third kappa shape index (κ3) is 5.35. The number of nitrogens with zero attached hydrogens (tertiary/aromatic N) is 3. The summed E-state index contributed by atoms with van der Waals surface area (Å²) in [4.78, 5) is 17.8. The summed E-state index contributed by atoms with van der Waals surface area (Å²) in [6.45, 7) is 2.77. The van der Waals surface area contributed by atoms with Gasteiger partial charge in [-0.05, 0) is 47.5 Å². The minimum Gasteiger partial charge on any atom is -0.336 e. The fraction of sp³-hybridized carbons (Fsp3) is 0.194. The SMILES string of the molecule is CN(c1ccc(C(=O)N2CCN(C(c3ccccc3)c3ccccc3)CC2)cc1)S(=O)(=O)c1ccccc1. The largest absolute Gasteiger partial charge is 0.336 e. The van der Waals surface area contributed by atoms with Crippen LogP contribution in [0.3, 0.4) is 0 Å². The van der Waals surface area contributed by atoms with Crippen molar-refractivity contribution in [3.63, 3.8) is 0 Å². The van der Waals surface area contributed by atoms with Gasteiger partial charge in [-0.1, -0.05) is 78.9 Å². The number of carbonyl (C=O) groups excluding carboxylic acids is 1. The van der Waals surface area contributed by atoms with Gasteiger partial charge in [-0.15, -0.1) is 0 Å². The number of amides is 1. The highest BCUT2D eigenvalue weighted by Crippen LogP contribution is 2.30. The predicted octanol–water partition coefficient (Wildman–Crippen LogP) is 5.06. The van der Waals surface area contributed by atoms with Crippen molar-refractivity contribution in [1.29, 1.82) is 0 Å². The number of hydrogen-bond acceptors (Lipinski definition) is 4. The summed E-state index contributed by atoms with van der Waals surface area (Å²) in [5.41, 5.74) is 3.53. The summed E-state index contributed by atoms with van der Waals surface area (Å²) in [5.74, 6) is -0.0410. The average Bonchev–Trinajstić information content (AvgIpc) is 2.98. The van der Waals surface area contributed by atoms with Crippen molar-refractivity contribution in [2.24, 2.45) is 0 Å². The van der Waals surface area contributed by atoms with Gasteiger partial charge in [0.15, 0.2) is 0 Å². The van der Waals surface area contributed by atoms with Crippen molar-refractivity contribution in [3.8, 4) is 0 Å². The van der Waals surface area contributed by atoms with Crippen molar-refractivity contribution in [2.45, 2.75) is 10.9 Å². The molecule has 0 radical (unpaired) electrons. The molecule has 1 aliphatic heterocycles. The normalized spacial score (nSPS) is 14.4. The zero-order chi connectivity index (χ0) is 26.5. The number of piperazine rings is 1. The first-order valence-electron chi connectivity index (χ1n) is 12.7. The Hall–Kier alpha value is -3.94. The smallest absolute Gasteiger partial charge is 0.264 e. The van der Waals surface area contributed by atoms with Crippen LogP contribution >= 0.6 is 0 Å². The first-order chi connectivity index (χ1) is 18.4. The van der Waals surface area contributed by atoms with Crippen LogP contribution in [-0.2, 0) is 10.0 Å². The second kappa shape index (κ2) is 11.2. The molecule has 7 heteroatoms. The minimum absolute atomic E-state index is 0.0410. The highest BCUT2D eigenvalue weighted by atomic mass is 32.2. The van der Waals surface area contributed by atoms with E-state index >= 15 is 0 Å². The van der Waals surface area contributed by atoms with E-state index in [2.05, 4.69) is 53.4 Å². The molecule has 0 saturated carbocycles. The molecule has 4 aromatic carbocycles. The standard InChI is InChI=1S/C31H31N3O3S/c1-32(38(36,37)29-15-9-4-10-16-29)28-19-17-27(18-20-28)31(35)34-23-21-33(22-24-34)30(25-11-5-2-6-12-25)26-13-7-3-8-14-26/h2-20,30H,21-24H2,1H3. The molecular formula is C31H31N3O3S. The topological polar surface area (TPSA) is 60.9 Å². The maximum absolute atomic E-state index is 13.3. The van der Waals surface area contributed by atoms with Gasteiger partial charge in [0.1, 0.15) is 0 Å². The van der Waals surface area contributed by atoms with Crippen LogP contribution in [0.2, 0.25) is 0 Å². The summed E-state index contributed by atoms with van der Waals surface area (Å²) < 4.78 is 27.1. The van der Waals surface area contributed by atoms with Gasteiger partial charge in [-0.2, -0.15) is 0 Å². The number of carbonyl (C=O) groups is 1. The van der Waals surface area contributed by atoms with Gasteiger partial charge in [0.05, 0.1) is 16.6 Å². The number of rotatable bonds is 7. The zero-order valence-electron chi connectivity index (χ0n) is 21.4. The van der Waals surface area contributed by atoms with E-state index in [0.29, 0.717) is 24.3 Å². The van der Waals surface area contributed by atoms with Gasteiger partial charge < -0.3 is 4.90 Å². The Kier molecular flexibility index (Phi) is 7.58. The number of sulfonamides is 1. The van der Waals surface area contributed by atoms with Crippen LogP contribution in [-0.4, -0.2) is 57.4 Å². The molecule has 194 valence electrons. The Morgan fingerprint density at radius 2 is 1.16 bits per heavy atom. The average molecular weight is 526 g/mol. The Morgan fingerprint density at radius 3 is 1.66 bits per heavy atom. The van der Waals surface area contributed by atoms with Crippen molar-refractivity contribution in [2.75, 3.05) is 37.5 Å². The molecule has 0 aliphatic carbocycles. The third-order valence-electron chi connectivity index (χ3n) is 7.08. The fourth-order valence-electron chi connectivity index (χ4n) is 4.95. The second-order valence-electron chi connectivity index (χ2n) is 9.38. The van der Waals surface area contributed by atoms with E-state index in [0.717, 1.165) is 13.1 Å². The Labute approximate surface area is 224 Å². The molecule has 1 aliphatic rings. The van der Waals surface area contributed by atoms with Gasteiger partial charge >= 0.3 is 0 Å². The van der Waals surface area contributed by atoms with E-state index in [4.69, 9.17) is 0 Å². The molecule has 0 atom stereocenters. The van der Waals surface area contributed by atoms with E-state index in [1.54, 1.807) is 54.6 Å². The molecule has 1 amide bonds. The van der Waals surface area contributed by atoms with Crippen LogP contribution in [0.15, 0.2) is 120 Å². The Morgan fingerprint density at radius 1 is 0.684 bits per heavy atom. The highest BCUT2D eigenvalue weighted by Gasteiger charge is 2.29. The van der Waals surface area contributed by atoms with Crippen LogP contribution in [0.5, 0.6) is 0 Å². The Balaban J connectivity index is 1.26. The highest BCUT2D eigenvalue weighted by molar-refractivity contribution is 7.92. The van der Waals surface area contributed by atoms with E-state index in [-0.39, 0.29) is 16.8 Å². The molecule has 0 unspecified atom stereocenters. The van der Waals surface area contributed by atoms with Crippen molar-refractivity contribution in [1.82, 2.24) is 9.80 Å². The molecule has 0 bridgehead atoms. The zero-order valence-corrected chi connectivity index (χ0v) is 22.2. The fourth-order valence-corrected chi connectivity index (χ4v) is 6.17. The van der Waals surface area contributed by atoms with E-state index in [1.807, 2.05) is 17.0 Å². The van der Waals surface area contributed by atoms with Gasteiger partial charge in [0.2, 0.25) is 0 Å². The molecule has 6 nitrogen and oxygen atoms in total. The van der Waals surface area contributed by atoms with Crippen molar-refractivity contribution >= 4 is 21.6 Å². The molecule has 5 rings (SSSR count). The molecule has 0 spiro atoms. The molecule has 1 fully saturated rings. The van der Waals surface area contributed by atoms with Crippen molar-refractivity contribution in [3.05, 3.63) is 132 Å². The number of benzene rings is 4. The Bertz CT molecular complexity index is 1410. The molecule has 38 heavy (non-hydrogen) atoms. The molecule has 0 N–H and O–H groups in total. The summed E-state index contributed by atoms with van der Waals surface area (Å²) >= 11 is 0. The summed E-state index contributed by atoms with van der Waals surface area (Å²) in [5, 5.41) is 0. The summed E-state index contributed by atoms with van der Waals surface area (Å²) in [6.07, 6.45) is 0. The first-order valence-corrected chi connectivity index (χ1v) is 14.2. The molecule has 1 saturated heterocycles. The van der Waals surface area contributed by atoms with E-state index < -0.39 is 10.0 Å². The van der Waals surface area contributed by atoms with Crippen LogP contribution in [0.1, 0.15) is 27.5 Å². The van der Waals surface area contributed by atoms with Gasteiger partial charge in [0.25, 0.3) is 15.9 Å². The second-order valence-corrected chi connectivity index (χ2v) is 11.4. The monoisotopic (exact) mass is 525 g/mol. The van der Waals surface area contributed by atoms with Gasteiger partial charge in [-0.3, -0.25) is 14.0 Å². The minimum atomic E-state index is -3.67. The van der Waals surface area contributed by atoms with Crippen LogP contribution in [0.4, 0.5) is 5.69 Å². The number of anilines is 1. The maximum Gasteiger partial charge on any atom is 0.264 e. The van der Waals surface area contributed by atoms with Crippen molar-refractivity contribution < 1.29 is 13.2 Å². The molecule has 1 heterocycles. The quantitative estimate of drug-likeness (QED) is 0.339. The van der Waals surface area contributed by atoms with Gasteiger partial charge in [0, 0.05) is 38.8 Å². The van der Waals surface area contributed by atoms with Crippen LogP contribution in [0.25, 0.3) is 0 Å². The third-order valence-corrected chi connectivity index (χ3v) is 8.88. The molecule has 4 aromatic rings. The van der Waals surface area contributed by atoms with E-state index in [1.165, 1.54) is 22.5 Å². The number of hydrogen-bond donors (Lipinski definition) is 0. The summed E-state index contributed by atoms with van der Waals surface area (Å²) in [6, 6.07) is 36.2. The lowest BCUT2D eigenvalue weighted by Gasteiger charge is -2.39. The lowest BCUT2D eigenvalue weighted by atomic mass is 9.96. The lowest BCUT2D eigenvalue weighted by molar-refractivity contribution is 0.0597. The van der Waals surface area contributed by atoms with E-state index in [9.17, 15) is 13.2 Å². The van der Waals surface area contributed by atoms with Crippen LogP contribution < -0.4 is 4.31 Å². The molecule has 0 aromatic heterocycles. The summed E-state index contributed by atoms with van der Waals surface area (Å²) in [7, 11) is -2.15. The first kappa shape index (κ1) is 25.7. The lowest BCUT2D eigenvalue weighted by Crippen LogP contribution is -2.49. The van der Waals surface area contributed by atoms with Crippen LogP contribution in [0, 0.1) is 0 Å². The predicted molar refractivity (Wildman–Crippen MR) is 151 cm³/mol.